The summed E-state index contributed by atoms with van der Waals surface area (Å²) < 4.78 is 0. The van der Waals surface area contributed by atoms with Crippen molar-refractivity contribution in [1.82, 2.24) is 9.80 Å². The predicted molar refractivity (Wildman–Crippen MR) is 122 cm³/mol. The minimum absolute atomic E-state index is 0.270. The average molecular weight is 410 g/mol. The highest BCUT2D eigenvalue weighted by Gasteiger charge is 2.23. The van der Waals surface area contributed by atoms with E-state index >= 15 is 0 Å². The molecule has 5 heteroatoms. The molecule has 4 rings (SSSR count). The van der Waals surface area contributed by atoms with Crippen LogP contribution in [0.15, 0.2) is 59.5 Å². The maximum atomic E-state index is 13.0. The second kappa shape index (κ2) is 10.3. The van der Waals surface area contributed by atoms with Gasteiger partial charge >= 0.3 is 0 Å². The molecule has 0 saturated carbocycles. The molecule has 1 saturated heterocycles. The summed E-state index contributed by atoms with van der Waals surface area (Å²) in [6.07, 6.45) is 2.79. The maximum absolute atomic E-state index is 13.0. The van der Waals surface area contributed by atoms with Crippen LogP contribution in [0.25, 0.3) is 0 Å². The van der Waals surface area contributed by atoms with E-state index in [1.807, 2.05) is 22.7 Å². The van der Waals surface area contributed by atoms with E-state index in [4.69, 9.17) is 0 Å². The van der Waals surface area contributed by atoms with E-state index < -0.39 is 0 Å². The van der Waals surface area contributed by atoms with Gasteiger partial charge in [0, 0.05) is 57.1 Å². The highest BCUT2D eigenvalue weighted by Crippen LogP contribution is 2.33. The lowest BCUT2D eigenvalue weighted by atomic mass is 10.1. The molecule has 0 atom stereocenters. The van der Waals surface area contributed by atoms with Gasteiger partial charge in [-0.25, -0.2) is 0 Å². The van der Waals surface area contributed by atoms with Gasteiger partial charge in [-0.3, -0.25) is 4.79 Å². The normalized spacial score (nSPS) is 18.3. The van der Waals surface area contributed by atoms with Gasteiger partial charge in [-0.2, -0.15) is 0 Å². The van der Waals surface area contributed by atoms with Crippen molar-refractivity contribution in [2.24, 2.45) is 0 Å². The van der Waals surface area contributed by atoms with Gasteiger partial charge in [0.2, 0.25) is 5.91 Å². The fourth-order valence-electron chi connectivity index (χ4n) is 4.14. The summed E-state index contributed by atoms with van der Waals surface area (Å²) in [5.41, 5.74) is 2.52. The summed E-state index contributed by atoms with van der Waals surface area (Å²) in [6.45, 7) is 7.17. The zero-order chi connectivity index (χ0) is 19.9. The molecule has 154 valence electrons. The third-order valence-corrected chi connectivity index (χ3v) is 7.06. The summed E-state index contributed by atoms with van der Waals surface area (Å²) >= 11 is 1.87. The number of nitrogens with zero attached hydrogens (tertiary/aromatic N) is 3. The fraction of sp³-hybridized carbons (Fsp3) is 0.458. The van der Waals surface area contributed by atoms with Gasteiger partial charge in [-0.15, -0.1) is 11.8 Å². The Balaban J connectivity index is 1.22. The van der Waals surface area contributed by atoms with Crippen molar-refractivity contribution < 1.29 is 4.79 Å². The van der Waals surface area contributed by atoms with Crippen LogP contribution in [0.1, 0.15) is 18.4 Å². The molecular formula is C24H31N3OS. The maximum Gasteiger partial charge on any atom is 0.228 e. The van der Waals surface area contributed by atoms with Gasteiger partial charge < -0.3 is 14.7 Å². The van der Waals surface area contributed by atoms with E-state index in [0.29, 0.717) is 6.42 Å². The van der Waals surface area contributed by atoms with Gasteiger partial charge in [-0.1, -0.05) is 42.5 Å². The Morgan fingerprint density at radius 2 is 1.52 bits per heavy atom. The zero-order valence-corrected chi connectivity index (χ0v) is 17.9. The van der Waals surface area contributed by atoms with Crippen molar-refractivity contribution in [3.63, 3.8) is 0 Å². The molecule has 0 aromatic heterocycles. The lowest BCUT2D eigenvalue weighted by Gasteiger charge is -2.35. The van der Waals surface area contributed by atoms with Crippen LogP contribution in [-0.4, -0.2) is 67.3 Å². The van der Waals surface area contributed by atoms with Crippen LogP contribution in [0, 0.1) is 0 Å². The molecule has 0 unspecified atom stereocenters. The molecule has 2 aromatic carbocycles. The van der Waals surface area contributed by atoms with Gasteiger partial charge in [0.15, 0.2) is 0 Å². The molecule has 2 aliphatic heterocycles. The smallest absolute Gasteiger partial charge is 0.228 e. The molecule has 0 radical (unpaired) electrons. The number of carbonyl (C=O) groups excluding carboxylic acids is 1. The highest BCUT2D eigenvalue weighted by atomic mass is 32.2. The fourth-order valence-corrected chi connectivity index (χ4v) is 5.14. The standard InChI is InChI=1S/C24H31N3OS/c28-24(27-13-6-20-29-23-10-5-4-9-22(23)27)12-15-26-18-16-25(17-19-26)14-11-21-7-2-1-3-8-21/h1-5,7-10H,6,11-20H2. The van der Waals surface area contributed by atoms with E-state index in [9.17, 15) is 4.79 Å². The Hall–Kier alpha value is -1.82. The average Bonchev–Trinajstić information content (AvgIpc) is 3.00. The van der Waals surface area contributed by atoms with Crippen molar-refractivity contribution in [3.8, 4) is 0 Å². The zero-order valence-electron chi connectivity index (χ0n) is 17.1. The van der Waals surface area contributed by atoms with E-state index in [2.05, 4.69) is 58.3 Å². The molecule has 1 amide bonds. The number of hydrogen-bond acceptors (Lipinski definition) is 4. The van der Waals surface area contributed by atoms with Crippen LogP contribution in [0.4, 0.5) is 5.69 Å². The molecule has 2 aromatic rings. The van der Waals surface area contributed by atoms with Crippen molar-refractivity contribution >= 4 is 23.4 Å². The Labute approximate surface area is 178 Å². The minimum Gasteiger partial charge on any atom is -0.311 e. The number of para-hydroxylation sites is 1. The topological polar surface area (TPSA) is 26.8 Å². The quantitative estimate of drug-likeness (QED) is 0.726. The number of anilines is 1. The number of rotatable bonds is 6. The number of piperazine rings is 1. The summed E-state index contributed by atoms with van der Waals surface area (Å²) in [4.78, 5) is 21.2. The number of thioether (sulfide) groups is 1. The number of amides is 1. The molecular weight excluding hydrogens is 378 g/mol. The molecule has 2 heterocycles. The molecule has 0 N–H and O–H groups in total. The molecule has 2 aliphatic rings. The van der Waals surface area contributed by atoms with Crippen LogP contribution in [0.3, 0.4) is 0 Å². The van der Waals surface area contributed by atoms with Crippen molar-refractivity contribution in [3.05, 3.63) is 60.2 Å². The number of hydrogen-bond donors (Lipinski definition) is 0. The molecule has 0 bridgehead atoms. The Morgan fingerprint density at radius 3 is 2.31 bits per heavy atom. The minimum atomic E-state index is 0.270. The van der Waals surface area contributed by atoms with Crippen LogP contribution >= 0.6 is 11.8 Å². The van der Waals surface area contributed by atoms with Crippen LogP contribution in [0.2, 0.25) is 0 Å². The first-order valence-corrected chi connectivity index (χ1v) is 11.8. The lowest BCUT2D eigenvalue weighted by Crippen LogP contribution is -2.47. The summed E-state index contributed by atoms with van der Waals surface area (Å²) in [5.74, 6) is 1.36. The molecule has 29 heavy (non-hydrogen) atoms. The number of carbonyl (C=O) groups is 1. The lowest BCUT2D eigenvalue weighted by molar-refractivity contribution is -0.119. The monoisotopic (exact) mass is 409 g/mol. The second-order valence-electron chi connectivity index (χ2n) is 7.88. The first kappa shape index (κ1) is 20.5. The van der Waals surface area contributed by atoms with Crippen molar-refractivity contribution in [2.75, 3.05) is 56.5 Å². The van der Waals surface area contributed by atoms with Crippen molar-refractivity contribution in [1.29, 1.82) is 0 Å². The first-order valence-electron chi connectivity index (χ1n) is 10.8. The van der Waals surface area contributed by atoms with E-state index in [1.165, 1.54) is 10.5 Å². The molecule has 0 aliphatic carbocycles. The van der Waals surface area contributed by atoms with Crippen LogP contribution in [0.5, 0.6) is 0 Å². The first-order chi connectivity index (χ1) is 14.3. The molecule has 0 spiro atoms. The largest absolute Gasteiger partial charge is 0.311 e. The Kier molecular flexibility index (Phi) is 7.25. The summed E-state index contributed by atoms with van der Waals surface area (Å²) in [5, 5.41) is 0. The molecule has 4 nitrogen and oxygen atoms in total. The third kappa shape index (κ3) is 5.62. The second-order valence-corrected chi connectivity index (χ2v) is 9.02. The van der Waals surface area contributed by atoms with Crippen LogP contribution < -0.4 is 4.90 Å². The number of benzene rings is 2. The van der Waals surface area contributed by atoms with Gasteiger partial charge in [0.1, 0.15) is 0 Å². The summed E-state index contributed by atoms with van der Waals surface area (Å²) in [7, 11) is 0. The Morgan fingerprint density at radius 1 is 0.828 bits per heavy atom. The van der Waals surface area contributed by atoms with Crippen molar-refractivity contribution in [2.45, 2.75) is 24.2 Å². The van der Waals surface area contributed by atoms with E-state index in [0.717, 1.165) is 70.1 Å². The van der Waals surface area contributed by atoms with E-state index in [1.54, 1.807) is 0 Å². The van der Waals surface area contributed by atoms with Crippen LogP contribution in [-0.2, 0) is 11.2 Å². The molecule has 1 fully saturated rings. The van der Waals surface area contributed by atoms with E-state index in [-0.39, 0.29) is 5.91 Å². The van der Waals surface area contributed by atoms with Gasteiger partial charge in [0.05, 0.1) is 5.69 Å². The SMILES string of the molecule is O=C(CCN1CCN(CCc2ccccc2)CC1)N1CCCSc2ccccc21. The number of fused-ring (bicyclic) bond motifs is 1. The predicted octanol–water partition coefficient (Wildman–Crippen LogP) is 3.77. The summed E-state index contributed by atoms with van der Waals surface area (Å²) in [6, 6.07) is 19.1. The highest BCUT2D eigenvalue weighted by molar-refractivity contribution is 7.99. The third-order valence-electron chi connectivity index (χ3n) is 5.91. The van der Waals surface area contributed by atoms with Gasteiger partial charge in [0.25, 0.3) is 0 Å². The Bertz CT molecular complexity index is 790. The van der Waals surface area contributed by atoms with Gasteiger partial charge in [-0.05, 0) is 36.3 Å².